The smallest absolute Gasteiger partial charge is 0.182 e. The van der Waals surface area contributed by atoms with Crippen molar-refractivity contribution < 1.29 is 8.42 Å². The number of aryl methyl sites for hydroxylation is 1. The number of benzene rings is 1. The first-order valence-corrected chi connectivity index (χ1v) is 10.1. The molecule has 1 fully saturated rings. The van der Waals surface area contributed by atoms with Gasteiger partial charge in [0.2, 0.25) is 0 Å². The van der Waals surface area contributed by atoms with E-state index in [1.165, 1.54) is 0 Å². The maximum Gasteiger partial charge on any atom is 0.182 e. The van der Waals surface area contributed by atoms with Crippen molar-refractivity contribution in [2.75, 3.05) is 6.54 Å². The summed E-state index contributed by atoms with van der Waals surface area (Å²) in [6.45, 7) is 3.52. The molecule has 3 rings (SSSR count). The number of sulfone groups is 1. The number of nitrogens with zero attached hydrogens (tertiary/aromatic N) is 2. The van der Waals surface area contributed by atoms with Crippen LogP contribution in [0.15, 0.2) is 47.9 Å². The van der Waals surface area contributed by atoms with Crippen LogP contribution in [0.25, 0.3) is 0 Å². The van der Waals surface area contributed by atoms with E-state index in [4.69, 9.17) is 0 Å². The number of rotatable bonds is 6. The summed E-state index contributed by atoms with van der Waals surface area (Å²) in [4.78, 5) is 4.47. The Morgan fingerprint density at radius 1 is 1.21 bits per heavy atom. The van der Waals surface area contributed by atoms with Gasteiger partial charge in [-0.25, -0.2) is 13.4 Å². The minimum atomic E-state index is -3.29. The van der Waals surface area contributed by atoms with Gasteiger partial charge in [-0.05, 0) is 31.9 Å². The quantitative estimate of drug-likeness (QED) is 0.872. The van der Waals surface area contributed by atoms with E-state index in [2.05, 4.69) is 10.3 Å². The van der Waals surface area contributed by atoms with Crippen molar-refractivity contribution in [2.24, 2.45) is 0 Å². The third-order valence-electron chi connectivity index (χ3n) is 4.79. The fourth-order valence-electron chi connectivity index (χ4n) is 3.40. The number of hydrogen-bond acceptors (Lipinski definition) is 4. The second-order valence-corrected chi connectivity index (χ2v) is 8.71. The van der Waals surface area contributed by atoms with Crippen LogP contribution in [-0.4, -0.2) is 35.8 Å². The molecule has 1 aliphatic carbocycles. The number of aromatic nitrogens is 2. The summed E-state index contributed by atoms with van der Waals surface area (Å²) >= 11 is 0. The third-order valence-corrected chi connectivity index (χ3v) is 7.08. The number of hydrogen-bond donors (Lipinski definition) is 1. The van der Waals surface area contributed by atoms with Crippen molar-refractivity contribution >= 4 is 9.84 Å². The molecule has 0 radical (unpaired) electrons. The standard InChI is InChI=1S/C18H25N3O2S/c1-15-6-8-16(9-7-15)24(22,23)18-5-3-2-4-17(18)20-11-13-21-12-10-19-14-21/h6-10,12,14,17-18,20H,2-5,11,13H2,1H3/t17-,18+/m0/s1. The van der Waals surface area contributed by atoms with Crippen LogP contribution in [0.2, 0.25) is 0 Å². The molecule has 0 amide bonds. The van der Waals surface area contributed by atoms with E-state index in [1.54, 1.807) is 24.7 Å². The van der Waals surface area contributed by atoms with Gasteiger partial charge in [-0.3, -0.25) is 0 Å². The first kappa shape index (κ1) is 17.2. The Balaban J connectivity index is 1.70. The van der Waals surface area contributed by atoms with Gasteiger partial charge in [0.05, 0.1) is 16.5 Å². The molecule has 1 heterocycles. The number of imidazole rings is 1. The summed E-state index contributed by atoms with van der Waals surface area (Å²) < 4.78 is 28.1. The van der Waals surface area contributed by atoms with Crippen LogP contribution in [-0.2, 0) is 16.4 Å². The average Bonchev–Trinajstić information content (AvgIpc) is 3.09. The van der Waals surface area contributed by atoms with Gasteiger partial charge >= 0.3 is 0 Å². The summed E-state index contributed by atoms with van der Waals surface area (Å²) in [7, 11) is -3.29. The maximum atomic E-state index is 13.0. The van der Waals surface area contributed by atoms with Crippen molar-refractivity contribution in [1.82, 2.24) is 14.9 Å². The average molecular weight is 347 g/mol. The Morgan fingerprint density at radius 3 is 2.67 bits per heavy atom. The predicted octanol–water partition coefficient (Wildman–Crippen LogP) is 2.57. The van der Waals surface area contributed by atoms with E-state index in [0.717, 1.165) is 44.3 Å². The van der Waals surface area contributed by atoms with Crippen molar-refractivity contribution in [3.63, 3.8) is 0 Å². The molecule has 1 aromatic carbocycles. The largest absolute Gasteiger partial charge is 0.336 e. The zero-order valence-corrected chi connectivity index (χ0v) is 14.9. The highest BCUT2D eigenvalue weighted by Crippen LogP contribution is 2.29. The molecule has 0 spiro atoms. The molecule has 5 nitrogen and oxygen atoms in total. The lowest BCUT2D eigenvalue weighted by Crippen LogP contribution is -2.47. The van der Waals surface area contributed by atoms with Crippen LogP contribution in [0.5, 0.6) is 0 Å². The van der Waals surface area contributed by atoms with Crippen LogP contribution in [0.4, 0.5) is 0 Å². The highest BCUT2D eigenvalue weighted by molar-refractivity contribution is 7.92. The molecule has 0 saturated heterocycles. The Labute approximate surface area is 144 Å². The normalized spacial score (nSPS) is 21.7. The van der Waals surface area contributed by atoms with Gasteiger partial charge in [-0.2, -0.15) is 0 Å². The molecule has 0 unspecified atom stereocenters. The van der Waals surface area contributed by atoms with Crippen LogP contribution in [0.3, 0.4) is 0 Å². The fourth-order valence-corrected chi connectivity index (χ4v) is 5.41. The lowest BCUT2D eigenvalue weighted by molar-refractivity contribution is 0.365. The lowest BCUT2D eigenvalue weighted by Gasteiger charge is -2.32. The third kappa shape index (κ3) is 3.87. The van der Waals surface area contributed by atoms with Crippen molar-refractivity contribution in [3.05, 3.63) is 48.5 Å². The van der Waals surface area contributed by atoms with Gasteiger partial charge in [-0.1, -0.05) is 30.5 Å². The molecule has 1 aromatic heterocycles. The highest BCUT2D eigenvalue weighted by atomic mass is 32.2. The monoisotopic (exact) mass is 347 g/mol. The Morgan fingerprint density at radius 2 is 1.96 bits per heavy atom. The Kier molecular flexibility index (Phi) is 5.36. The Bertz CT molecular complexity index is 739. The topological polar surface area (TPSA) is 64.0 Å². The first-order chi connectivity index (χ1) is 11.6. The van der Waals surface area contributed by atoms with Crippen molar-refractivity contribution in [2.45, 2.75) is 55.3 Å². The zero-order chi connectivity index (χ0) is 17.0. The van der Waals surface area contributed by atoms with Crippen LogP contribution >= 0.6 is 0 Å². The molecule has 130 valence electrons. The number of nitrogens with one attached hydrogen (secondary N) is 1. The van der Waals surface area contributed by atoms with Crippen LogP contribution in [0.1, 0.15) is 31.2 Å². The van der Waals surface area contributed by atoms with Crippen molar-refractivity contribution in [3.8, 4) is 0 Å². The van der Waals surface area contributed by atoms with Gasteiger partial charge < -0.3 is 9.88 Å². The van der Waals surface area contributed by atoms with E-state index in [9.17, 15) is 8.42 Å². The molecule has 1 saturated carbocycles. The van der Waals surface area contributed by atoms with Crippen LogP contribution < -0.4 is 5.32 Å². The van der Waals surface area contributed by atoms with Gasteiger partial charge in [0.25, 0.3) is 0 Å². The van der Waals surface area contributed by atoms with Gasteiger partial charge in [0.15, 0.2) is 9.84 Å². The lowest BCUT2D eigenvalue weighted by atomic mass is 9.95. The molecule has 0 aliphatic heterocycles. The van der Waals surface area contributed by atoms with E-state index >= 15 is 0 Å². The van der Waals surface area contributed by atoms with Gasteiger partial charge in [0.1, 0.15) is 0 Å². The summed E-state index contributed by atoms with van der Waals surface area (Å²) in [6.07, 6.45) is 9.17. The summed E-state index contributed by atoms with van der Waals surface area (Å²) in [5, 5.41) is 3.13. The zero-order valence-electron chi connectivity index (χ0n) is 14.1. The van der Waals surface area contributed by atoms with E-state index in [0.29, 0.717) is 4.90 Å². The van der Waals surface area contributed by atoms with E-state index < -0.39 is 9.84 Å². The molecule has 2 atom stereocenters. The van der Waals surface area contributed by atoms with Gasteiger partial charge in [0, 0.05) is 31.5 Å². The molecule has 24 heavy (non-hydrogen) atoms. The van der Waals surface area contributed by atoms with Crippen LogP contribution in [0, 0.1) is 6.92 Å². The second-order valence-electron chi connectivity index (χ2n) is 6.54. The second kappa shape index (κ2) is 7.49. The Hall–Kier alpha value is -1.66. The molecular formula is C18H25N3O2S. The molecule has 1 aliphatic rings. The molecule has 1 N–H and O–H groups in total. The minimum absolute atomic E-state index is 0.0218. The fraction of sp³-hybridized carbons (Fsp3) is 0.500. The molecule has 0 bridgehead atoms. The van der Waals surface area contributed by atoms with E-state index in [1.807, 2.05) is 29.8 Å². The SMILES string of the molecule is Cc1ccc(S(=O)(=O)[C@@H]2CCCC[C@@H]2NCCn2ccnc2)cc1. The highest BCUT2D eigenvalue weighted by Gasteiger charge is 2.36. The molecule has 6 heteroatoms. The summed E-state index contributed by atoms with van der Waals surface area (Å²) in [6, 6.07) is 7.24. The van der Waals surface area contributed by atoms with Crippen molar-refractivity contribution in [1.29, 1.82) is 0 Å². The minimum Gasteiger partial charge on any atom is -0.336 e. The summed E-state index contributed by atoms with van der Waals surface area (Å²) in [5.41, 5.74) is 1.08. The van der Waals surface area contributed by atoms with E-state index in [-0.39, 0.29) is 11.3 Å². The molecular weight excluding hydrogens is 322 g/mol. The molecule has 2 aromatic rings. The predicted molar refractivity (Wildman–Crippen MR) is 94.6 cm³/mol. The van der Waals surface area contributed by atoms with Gasteiger partial charge in [-0.15, -0.1) is 0 Å². The maximum absolute atomic E-state index is 13.0. The summed E-state index contributed by atoms with van der Waals surface area (Å²) in [5.74, 6) is 0. The first-order valence-electron chi connectivity index (χ1n) is 8.57.